The van der Waals surface area contributed by atoms with Crippen LogP contribution in [0.3, 0.4) is 0 Å². The van der Waals surface area contributed by atoms with Gasteiger partial charge in [0.05, 0.1) is 5.56 Å². The van der Waals surface area contributed by atoms with Crippen LogP contribution in [0.2, 0.25) is 0 Å². The average Bonchev–Trinajstić information content (AvgIpc) is 2.74. The molecule has 2 aliphatic rings. The van der Waals surface area contributed by atoms with Gasteiger partial charge >= 0.3 is 11.9 Å². The number of carboxylic acids is 2. The second-order valence-electron chi connectivity index (χ2n) is 7.74. The Bertz CT molecular complexity index is 767. The van der Waals surface area contributed by atoms with E-state index in [1.807, 2.05) is 18.2 Å². The third-order valence-corrected chi connectivity index (χ3v) is 5.69. The van der Waals surface area contributed by atoms with Crippen molar-refractivity contribution >= 4 is 11.9 Å². The molecule has 0 aliphatic heterocycles. The monoisotopic (exact) mass is 326 g/mol. The molecule has 0 aromatic heterocycles. The summed E-state index contributed by atoms with van der Waals surface area (Å²) in [6.07, 6.45) is 5.13. The van der Waals surface area contributed by atoms with Gasteiger partial charge in [-0.3, -0.25) is 0 Å². The largest absolute Gasteiger partial charge is 0.478 e. The normalized spacial score (nSPS) is 27.9. The number of aliphatic carboxylic acids is 1. The second kappa shape index (κ2) is 5.33. The summed E-state index contributed by atoms with van der Waals surface area (Å²) in [5.41, 5.74) is 2.85. The van der Waals surface area contributed by atoms with Gasteiger partial charge < -0.3 is 10.2 Å². The lowest BCUT2D eigenvalue weighted by Gasteiger charge is -2.34. The van der Waals surface area contributed by atoms with Crippen LogP contribution in [-0.4, -0.2) is 22.2 Å². The van der Waals surface area contributed by atoms with Gasteiger partial charge in [0, 0.05) is 11.0 Å². The highest BCUT2D eigenvalue weighted by molar-refractivity contribution is 5.88. The lowest BCUT2D eigenvalue weighted by molar-refractivity contribution is -0.132. The van der Waals surface area contributed by atoms with Crippen LogP contribution >= 0.6 is 0 Å². The molecule has 0 heterocycles. The maximum absolute atomic E-state index is 11.4. The highest BCUT2D eigenvalue weighted by Crippen LogP contribution is 2.60. The van der Waals surface area contributed by atoms with Crippen LogP contribution in [-0.2, 0) is 10.2 Å². The number of fused-ring (bicyclic) bond motifs is 1. The fraction of sp³-hybridized carbons (Fsp3) is 0.400. The Balaban J connectivity index is 2.04. The summed E-state index contributed by atoms with van der Waals surface area (Å²) in [6.45, 7) is 6.56. The molecule has 1 aromatic carbocycles. The summed E-state index contributed by atoms with van der Waals surface area (Å²) in [5.74, 6) is -1.68. The van der Waals surface area contributed by atoms with Gasteiger partial charge in [-0.25, -0.2) is 9.59 Å². The van der Waals surface area contributed by atoms with Crippen molar-refractivity contribution in [3.05, 3.63) is 58.7 Å². The van der Waals surface area contributed by atoms with Crippen LogP contribution in [0.15, 0.2) is 47.6 Å². The zero-order valence-corrected chi connectivity index (χ0v) is 14.2. The Morgan fingerprint density at radius 2 is 1.62 bits per heavy atom. The van der Waals surface area contributed by atoms with Crippen LogP contribution in [0.4, 0.5) is 0 Å². The van der Waals surface area contributed by atoms with Gasteiger partial charge in [-0.2, -0.15) is 0 Å². The molecule has 2 atom stereocenters. The van der Waals surface area contributed by atoms with E-state index < -0.39 is 11.9 Å². The van der Waals surface area contributed by atoms with E-state index >= 15 is 0 Å². The number of carbonyl (C=O) groups is 2. The smallest absolute Gasteiger partial charge is 0.335 e. The maximum atomic E-state index is 11.4. The van der Waals surface area contributed by atoms with Gasteiger partial charge in [0.1, 0.15) is 0 Å². The molecule has 2 N–H and O–H groups in total. The number of benzene rings is 1. The third kappa shape index (κ3) is 2.46. The van der Waals surface area contributed by atoms with E-state index in [9.17, 15) is 14.7 Å². The molecule has 4 heteroatoms. The summed E-state index contributed by atoms with van der Waals surface area (Å²) in [6, 6.07) is 7.02. The fourth-order valence-corrected chi connectivity index (χ4v) is 4.57. The molecule has 0 radical (unpaired) electrons. The van der Waals surface area contributed by atoms with E-state index in [0.717, 1.165) is 12.0 Å². The predicted molar refractivity (Wildman–Crippen MR) is 91.1 cm³/mol. The first kappa shape index (κ1) is 16.5. The number of hydrogen-bond donors (Lipinski definition) is 2. The third-order valence-electron chi connectivity index (χ3n) is 5.69. The van der Waals surface area contributed by atoms with Crippen LogP contribution in [0, 0.1) is 11.3 Å². The Hall–Kier alpha value is -2.36. The first-order chi connectivity index (χ1) is 11.1. The lowest BCUT2D eigenvalue weighted by Crippen LogP contribution is -2.29. The number of carboxylic acid groups (broad SMARTS) is 2. The molecular weight excluding hydrogens is 304 g/mol. The van der Waals surface area contributed by atoms with Gasteiger partial charge in [-0.05, 0) is 41.9 Å². The van der Waals surface area contributed by atoms with Crippen molar-refractivity contribution in [2.24, 2.45) is 11.3 Å². The molecule has 0 spiro atoms. The number of allylic oxidation sites excluding steroid dienone is 3. The van der Waals surface area contributed by atoms with Crippen molar-refractivity contribution in [2.45, 2.75) is 39.0 Å². The molecule has 126 valence electrons. The van der Waals surface area contributed by atoms with E-state index in [1.165, 1.54) is 5.57 Å². The van der Waals surface area contributed by atoms with Crippen molar-refractivity contribution in [3.63, 3.8) is 0 Å². The molecule has 1 aromatic rings. The topological polar surface area (TPSA) is 74.6 Å². The average molecular weight is 326 g/mol. The van der Waals surface area contributed by atoms with E-state index in [0.29, 0.717) is 12.0 Å². The standard InChI is InChI=1S/C20H22O4/c1-19(2)11-20(3,14-7-4-12(5-8-14)17(21)22)16-10-13(18(23)24)6-9-15(16)19/h4-9,16H,10-11H2,1-3H3,(H,21,22)(H,23,24). The minimum atomic E-state index is -0.937. The maximum Gasteiger partial charge on any atom is 0.335 e. The first-order valence-electron chi connectivity index (χ1n) is 8.13. The van der Waals surface area contributed by atoms with Crippen molar-refractivity contribution in [1.82, 2.24) is 0 Å². The summed E-state index contributed by atoms with van der Waals surface area (Å²) in [7, 11) is 0. The Labute approximate surface area is 141 Å². The van der Waals surface area contributed by atoms with Gasteiger partial charge in [0.15, 0.2) is 0 Å². The molecule has 1 saturated carbocycles. The van der Waals surface area contributed by atoms with Crippen LogP contribution in [0.25, 0.3) is 0 Å². The van der Waals surface area contributed by atoms with Crippen molar-refractivity contribution in [2.75, 3.05) is 0 Å². The molecule has 3 rings (SSSR count). The Morgan fingerprint density at radius 1 is 1.00 bits per heavy atom. The highest BCUT2D eigenvalue weighted by atomic mass is 16.4. The molecule has 0 saturated heterocycles. The van der Waals surface area contributed by atoms with Gasteiger partial charge in [0.25, 0.3) is 0 Å². The van der Waals surface area contributed by atoms with E-state index in [1.54, 1.807) is 18.2 Å². The second-order valence-corrected chi connectivity index (χ2v) is 7.74. The molecule has 2 aliphatic carbocycles. The summed E-state index contributed by atoms with van der Waals surface area (Å²) in [5, 5.41) is 18.5. The SMILES string of the molecule is CC1(C)CC(C)(c2ccc(C(=O)O)cc2)C2CC(C(=O)O)=CC=C21. The van der Waals surface area contributed by atoms with Crippen molar-refractivity contribution < 1.29 is 19.8 Å². The lowest BCUT2D eigenvalue weighted by atomic mass is 9.69. The summed E-state index contributed by atoms with van der Waals surface area (Å²) >= 11 is 0. The zero-order valence-electron chi connectivity index (χ0n) is 14.2. The van der Waals surface area contributed by atoms with Crippen LogP contribution < -0.4 is 0 Å². The molecule has 0 bridgehead atoms. The molecule has 1 fully saturated rings. The number of aromatic carboxylic acids is 1. The van der Waals surface area contributed by atoms with Gasteiger partial charge in [-0.1, -0.05) is 50.6 Å². The van der Waals surface area contributed by atoms with Gasteiger partial charge in [-0.15, -0.1) is 0 Å². The molecule has 24 heavy (non-hydrogen) atoms. The fourth-order valence-electron chi connectivity index (χ4n) is 4.57. The first-order valence-corrected chi connectivity index (χ1v) is 8.13. The quantitative estimate of drug-likeness (QED) is 0.879. The predicted octanol–water partition coefficient (Wildman–Crippen LogP) is 4.03. The molecule has 4 nitrogen and oxygen atoms in total. The summed E-state index contributed by atoms with van der Waals surface area (Å²) < 4.78 is 0. The van der Waals surface area contributed by atoms with E-state index in [-0.39, 0.29) is 22.3 Å². The highest BCUT2D eigenvalue weighted by Gasteiger charge is 2.52. The number of rotatable bonds is 3. The van der Waals surface area contributed by atoms with Gasteiger partial charge in [0.2, 0.25) is 0 Å². The zero-order chi connectivity index (χ0) is 17.7. The molecule has 2 unspecified atom stereocenters. The van der Waals surface area contributed by atoms with Crippen LogP contribution in [0.5, 0.6) is 0 Å². The van der Waals surface area contributed by atoms with Crippen molar-refractivity contribution in [3.8, 4) is 0 Å². The summed E-state index contributed by atoms with van der Waals surface area (Å²) in [4.78, 5) is 22.5. The van der Waals surface area contributed by atoms with Crippen LogP contribution in [0.1, 0.15) is 49.5 Å². The Kier molecular flexibility index (Phi) is 3.67. The Morgan fingerprint density at radius 3 is 2.17 bits per heavy atom. The van der Waals surface area contributed by atoms with Crippen molar-refractivity contribution in [1.29, 1.82) is 0 Å². The molecular formula is C20H22O4. The van der Waals surface area contributed by atoms with E-state index in [2.05, 4.69) is 20.8 Å². The van der Waals surface area contributed by atoms with E-state index in [4.69, 9.17) is 5.11 Å². The minimum absolute atomic E-state index is 0.00851. The minimum Gasteiger partial charge on any atom is -0.478 e. The number of hydrogen-bond acceptors (Lipinski definition) is 2. The molecule has 0 amide bonds.